The van der Waals surface area contributed by atoms with E-state index in [1.807, 2.05) is 48.9 Å². The second kappa shape index (κ2) is 9.15. The summed E-state index contributed by atoms with van der Waals surface area (Å²) in [6.45, 7) is 5.87. The fourth-order valence-corrected chi connectivity index (χ4v) is 3.43. The summed E-state index contributed by atoms with van der Waals surface area (Å²) in [6, 6.07) is 10.6. The Labute approximate surface area is 161 Å². The fraction of sp³-hybridized carbons (Fsp3) is 0.524. The summed E-state index contributed by atoms with van der Waals surface area (Å²) in [5.41, 5.74) is 3.56. The van der Waals surface area contributed by atoms with Crippen LogP contribution >= 0.6 is 0 Å². The molecular formula is C21H30N4O2. The molecule has 1 aromatic carbocycles. The third-order valence-corrected chi connectivity index (χ3v) is 5.10. The molecule has 1 heterocycles. The second-order valence-corrected chi connectivity index (χ2v) is 7.29. The van der Waals surface area contributed by atoms with Crippen LogP contribution in [0.25, 0.3) is 5.69 Å². The van der Waals surface area contributed by atoms with E-state index in [1.54, 1.807) is 0 Å². The number of nitrogens with one attached hydrogen (secondary N) is 1. The van der Waals surface area contributed by atoms with Gasteiger partial charge in [0.15, 0.2) is 0 Å². The zero-order valence-electron chi connectivity index (χ0n) is 16.3. The molecule has 0 unspecified atom stereocenters. The van der Waals surface area contributed by atoms with Gasteiger partial charge in [-0.2, -0.15) is 5.10 Å². The highest BCUT2D eigenvalue weighted by Gasteiger charge is 2.28. The highest BCUT2D eigenvalue weighted by Crippen LogP contribution is 2.27. The standard InChI is InChI=1S/C21H30N4O2/c1-16-21(17(2)25(23-16)19-8-4-3-5-9-19)22-20(27)12-14-24(18-10-11-18)13-6-7-15-26/h3-5,8-9,18,26H,6-7,10-15H2,1-2H3,(H,22,27). The van der Waals surface area contributed by atoms with Crippen LogP contribution in [0.4, 0.5) is 5.69 Å². The third-order valence-electron chi connectivity index (χ3n) is 5.10. The Kier molecular flexibility index (Phi) is 6.63. The highest BCUT2D eigenvalue weighted by molar-refractivity contribution is 5.92. The van der Waals surface area contributed by atoms with Crippen LogP contribution in [0.15, 0.2) is 30.3 Å². The van der Waals surface area contributed by atoms with Crippen LogP contribution in [0.2, 0.25) is 0 Å². The predicted molar refractivity (Wildman–Crippen MR) is 107 cm³/mol. The average Bonchev–Trinajstić information content (AvgIpc) is 3.48. The van der Waals surface area contributed by atoms with E-state index < -0.39 is 0 Å². The number of para-hydroxylation sites is 1. The number of hydrogen-bond acceptors (Lipinski definition) is 4. The predicted octanol–water partition coefficient (Wildman–Crippen LogP) is 3.05. The monoisotopic (exact) mass is 370 g/mol. The molecule has 1 aliphatic rings. The van der Waals surface area contributed by atoms with Crippen molar-refractivity contribution in [2.24, 2.45) is 0 Å². The van der Waals surface area contributed by atoms with Crippen molar-refractivity contribution in [3.8, 4) is 5.69 Å². The quantitative estimate of drug-likeness (QED) is 0.631. The van der Waals surface area contributed by atoms with E-state index >= 15 is 0 Å². The van der Waals surface area contributed by atoms with E-state index in [0.717, 1.165) is 48.7 Å². The molecular weight excluding hydrogens is 340 g/mol. The number of aliphatic hydroxyl groups excluding tert-OH is 1. The van der Waals surface area contributed by atoms with Crippen molar-refractivity contribution < 1.29 is 9.90 Å². The molecule has 0 bridgehead atoms. The molecule has 1 fully saturated rings. The molecule has 0 radical (unpaired) electrons. The van der Waals surface area contributed by atoms with Crippen LogP contribution in [0.3, 0.4) is 0 Å². The zero-order chi connectivity index (χ0) is 19.2. The van der Waals surface area contributed by atoms with Gasteiger partial charge in [0, 0.05) is 25.6 Å². The van der Waals surface area contributed by atoms with Crippen molar-refractivity contribution in [1.82, 2.24) is 14.7 Å². The molecule has 2 aromatic rings. The number of aliphatic hydroxyl groups is 1. The lowest BCUT2D eigenvalue weighted by atomic mass is 10.2. The van der Waals surface area contributed by atoms with Crippen molar-refractivity contribution >= 4 is 11.6 Å². The van der Waals surface area contributed by atoms with Crippen LogP contribution in [-0.4, -0.2) is 51.4 Å². The highest BCUT2D eigenvalue weighted by atomic mass is 16.2. The summed E-state index contributed by atoms with van der Waals surface area (Å²) in [4.78, 5) is 14.9. The molecule has 0 aliphatic heterocycles. The van der Waals surface area contributed by atoms with Crippen molar-refractivity contribution in [2.45, 2.75) is 52.0 Å². The molecule has 27 heavy (non-hydrogen) atoms. The Bertz CT molecular complexity index is 753. The van der Waals surface area contributed by atoms with Gasteiger partial charge in [0.25, 0.3) is 0 Å². The van der Waals surface area contributed by atoms with Gasteiger partial charge in [0.1, 0.15) is 0 Å². The molecule has 2 N–H and O–H groups in total. The van der Waals surface area contributed by atoms with Gasteiger partial charge >= 0.3 is 0 Å². The molecule has 1 aliphatic carbocycles. The fourth-order valence-electron chi connectivity index (χ4n) is 3.43. The maximum Gasteiger partial charge on any atom is 0.225 e. The summed E-state index contributed by atoms with van der Waals surface area (Å²) in [5, 5.41) is 16.6. The Balaban J connectivity index is 1.58. The van der Waals surface area contributed by atoms with Gasteiger partial charge in [-0.25, -0.2) is 4.68 Å². The van der Waals surface area contributed by atoms with Gasteiger partial charge in [-0.1, -0.05) is 18.2 Å². The van der Waals surface area contributed by atoms with Gasteiger partial charge in [-0.3, -0.25) is 9.69 Å². The third kappa shape index (κ3) is 5.17. The van der Waals surface area contributed by atoms with Crippen LogP contribution in [-0.2, 0) is 4.79 Å². The normalized spacial score (nSPS) is 13.9. The first-order valence-corrected chi connectivity index (χ1v) is 9.86. The van der Waals surface area contributed by atoms with Gasteiger partial charge in [-0.15, -0.1) is 0 Å². The van der Waals surface area contributed by atoms with Crippen molar-refractivity contribution in [2.75, 3.05) is 25.0 Å². The summed E-state index contributed by atoms with van der Waals surface area (Å²) < 4.78 is 1.87. The maximum absolute atomic E-state index is 12.5. The molecule has 6 heteroatoms. The Morgan fingerprint density at radius 3 is 2.63 bits per heavy atom. The minimum absolute atomic E-state index is 0.0293. The molecule has 0 atom stereocenters. The van der Waals surface area contributed by atoms with Crippen molar-refractivity contribution in [3.63, 3.8) is 0 Å². The lowest BCUT2D eigenvalue weighted by Crippen LogP contribution is -2.31. The number of anilines is 1. The first-order chi connectivity index (χ1) is 13.1. The van der Waals surface area contributed by atoms with Crippen molar-refractivity contribution in [1.29, 1.82) is 0 Å². The SMILES string of the molecule is Cc1nn(-c2ccccc2)c(C)c1NC(=O)CCN(CCCCO)C1CC1. The Morgan fingerprint density at radius 2 is 1.96 bits per heavy atom. The number of unbranched alkanes of at least 4 members (excludes halogenated alkanes) is 1. The van der Waals surface area contributed by atoms with E-state index in [1.165, 1.54) is 12.8 Å². The van der Waals surface area contributed by atoms with Crippen molar-refractivity contribution in [3.05, 3.63) is 41.7 Å². The molecule has 6 nitrogen and oxygen atoms in total. The summed E-state index contributed by atoms with van der Waals surface area (Å²) in [7, 11) is 0. The van der Waals surface area contributed by atoms with Gasteiger partial charge in [0.05, 0.1) is 22.8 Å². The smallest absolute Gasteiger partial charge is 0.225 e. The van der Waals surface area contributed by atoms with Crippen LogP contribution in [0.1, 0.15) is 43.5 Å². The number of rotatable bonds is 10. The summed E-state index contributed by atoms with van der Waals surface area (Å²) >= 11 is 0. The molecule has 0 saturated heterocycles. The minimum Gasteiger partial charge on any atom is -0.396 e. The van der Waals surface area contributed by atoms with E-state index in [-0.39, 0.29) is 12.5 Å². The number of carbonyl (C=O) groups is 1. The molecule has 1 saturated carbocycles. The van der Waals surface area contributed by atoms with E-state index in [2.05, 4.69) is 15.3 Å². The topological polar surface area (TPSA) is 70.4 Å². The Hall–Kier alpha value is -2.18. The summed E-state index contributed by atoms with van der Waals surface area (Å²) in [6.07, 6.45) is 4.74. The molecule has 1 aromatic heterocycles. The number of nitrogens with zero attached hydrogens (tertiary/aromatic N) is 3. The van der Waals surface area contributed by atoms with E-state index in [9.17, 15) is 4.79 Å². The van der Waals surface area contributed by atoms with Crippen LogP contribution in [0, 0.1) is 13.8 Å². The summed E-state index contributed by atoms with van der Waals surface area (Å²) in [5.74, 6) is 0.0293. The zero-order valence-corrected chi connectivity index (χ0v) is 16.3. The minimum atomic E-state index is 0.0293. The average molecular weight is 370 g/mol. The number of carbonyl (C=O) groups excluding carboxylic acids is 1. The lowest BCUT2D eigenvalue weighted by molar-refractivity contribution is -0.116. The molecule has 1 amide bonds. The van der Waals surface area contributed by atoms with Gasteiger partial charge < -0.3 is 10.4 Å². The second-order valence-electron chi connectivity index (χ2n) is 7.29. The number of benzene rings is 1. The number of aromatic nitrogens is 2. The first-order valence-electron chi connectivity index (χ1n) is 9.86. The number of amides is 1. The number of aryl methyl sites for hydroxylation is 1. The lowest BCUT2D eigenvalue weighted by Gasteiger charge is -2.21. The Morgan fingerprint density at radius 1 is 1.22 bits per heavy atom. The first kappa shape index (κ1) is 19.6. The maximum atomic E-state index is 12.5. The van der Waals surface area contributed by atoms with Crippen LogP contribution in [0.5, 0.6) is 0 Å². The van der Waals surface area contributed by atoms with Gasteiger partial charge in [0.2, 0.25) is 5.91 Å². The molecule has 3 rings (SSSR count). The largest absolute Gasteiger partial charge is 0.396 e. The molecule has 146 valence electrons. The molecule has 0 spiro atoms. The van der Waals surface area contributed by atoms with E-state index in [4.69, 9.17) is 5.11 Å². The number of hydrogen-bond donors (Lipinski definition) is 2. The van der Waals surface area contributed by atoms with E-state index in [0.29, 0.717) is 12.5 Å². The van der Waals surface area contributed by atoms with Gasteiger partial charge in [-0.05, 0) is 58.2 Å². The van der Waals surface area contributed by atoms with Crippen LogP contribution < -0.4 is 5.32 Å².